The first-order chi connectivity index (χ1) is 8.72. The van der Waals surface area contributed by atoms with E-state index < -0.39 is 5.82 Å². The van der Waals surface area contributed by atoms with Gasteiger partial charge >= 0.3 is 0 Å². The van der Waals surface area contributed by atoms with Gasteiger partial charge in [-0.1, -0.05) is 6.07 Å². The molecule has 0 bridgehead atoms. The first kappa shape index (κ1) is 13.0. The van der Waals surface area contributed by atoms with Crippen molar-refractivity contribution < 1.29 is 14.3 Å². The van der Waals surface area contributed by atoms with Crippen LogP contribution in [0.2, 0.25) is 0 Å². The second-order valence-electron chi connectivity index (χ2n) is 4.67. The van der Waals surface area contributed by atoms with Gasteiger partial charge in [-0.3, -0.25) is 4.79 Å². The third kappa shape index (κ3) is 2.88. The number of carbonyl (C=O) groups is 1. The van der Waals surface area contributed by atoms with Gasteiger partial charge in [-0.15, -0.1) is 0 Å². The van der Waals surface area contributed by atoms with Gasteiger partial charge in [-0.05, 0) is 43.9 Å². The molecule has 1 aliphatic rings. The Morgan fingerprint density at radius 2 is 2.22 bits per heavy atom. The Labute approximate surface area is 106 Å². The highest BCUT2D eigenvalue weighted by molar-refractivity contribution is 5.94. The van der Waals surface area contributed by atoms with Crippen LogP contribution >= 0.6 is 0 Å². The zero-order valence-electron chi connectivity index (χ0n) is 10.3. The minimum absolute atomic E-state index is 0.0691. The van der Waals surface area contributed by atoms with Crippen molar-refractivity contribution in [3.63, 3.8) is 0 Å². The zero-order valence-corrected chi connectivity index (χ0v) is 10.3. The second-order valence-corrected chi connectivity index (χ2v) is 4.67. The average molecular weight is 251 g/mol. The summed E-state index contributed by atoms with van der Waals surface area (Å²) in [5.74, 6) is -0.524. The van der Waals surface area contributed by atoms with E-state index in [-0.39, 0.29) is 18.6 Å². The van der Waals surface area contributed by atoms with Gasteiger partial charge in [0.1, 0.15) is 5.82 Å². The molecule has 18 heavy (non-hydrogen) atoms. The molecule has 3 nitrogen and oxygen atoms in total. The van der Waals surface area contributed by atoms with Crippen molar-refractivity contribution in [2.24, 2.45) is 0 Å². The average Bonchev–Trinajstić information content (AvgIpc) is 2.31. The number of aliphatic hydroxyl groups is 1. The Morgan fingerprint density at radius 3 is 2.78 bits per heavy atom. The van der Waals surface area contributed by atoms with Crippen LogP contribution in [0.1, 0.15) is 36.0 Å². The van der Waals surface area contributed by atoms with Crippen molar-refractivity contribution in [2.45, 2.75) is 31.7 Å². The van der Waals surface area contributed by atoms with Gasteiger partial charge in [0.15, 0.2) is 0 Å². The molecule has 1 aliphatic carbocycles. The number of carbonyl (C=O) groups excluding carboxylic acids is 1. The largest absolute Gasteiger partial charge is 0.396 e. The van der Waals surface area contributed by atoms with Crippen molar-refractivity contribution in [2.75, 3.05) is 13.2 Å². The molecule has 1 fully saturated rings. The summed E-state index contributed by atoms with van der Waals surface area (Å²) in [6, 6.07) is 6.04. The molecule has 0 aliphatic heterocycles. The van der Waals surface area contributed by atoms with Crippen LogP contribution in [-0.2, 0) is 0 Å². The number of rotatable bonds is 5. The van der Waals surface area contributed by atoms with Gasteiger partial charge in [-0.25, -0.2) is 4.39 Å². The quantitative estimate of drug-likeness (QED) is 0.871. The van der Waals surface area contributed by atoms with E-state index in [9.17, 15) is 9.18 Å². The van der Waals surface area contributed by atoms with Gasteiger partial charge in [0.2, 0.25) is 0 Å². The Hall–Kier alpha value is -1.42. The fraction of sp³-hybridized carbons (Fsp3) is 0.500. The standard InChI is InChI=1S/C14H18FNO2/c15-12-5-1-4-11(10-12)14(18)16(8-3-9-17)13-6-2-7-13/h1,4-5,10,13,17H,2-3,6-9H2. The summed E-state index contributed by atoms with van der Waals surface area (Å²) in [5, 5.41) is 8.89. The molecule has 0 spiro atoms. The van der Waals surface area contributed by atoms with Crippen LogP contribution in [0.3, 0.4) is 0 Å². The Kier molecular flexibility index (Phi) is 4.31. The maximum absolute atomic E-state index is 13.1. The molecule has 1 amide bonds. The highest BCUT2D eigenvalue weighted by Crippen LogP contribution is 2.26. The van der Waals surface area contributed by atoms with Crippen molar-refractivity contribution >= 4 is 5.91 Å². The van der Waals surface area contributed by atoms with Gasteiger partial charge in [0.25, 0.3) is 5.91 Å². The summed E-state index contributed by atoms with van der Waals surface area (Å²) in [6.07, 6.45) is 3.72. The minimum Gasteiger partial charge on any atom is -0.396 e. The number of halogens is 1. The monoisotopic (exact) mass is 251 g/mol. The number of hydrogen-bond acceptors (Lipinski definition) is 2. The molecular formula is C14H18FNO2. The Balaban J connectivity index is 2.11. The molecule has 1 aromatic rings. The van der Waals surface area contributed by atoms with Crippen LogP contribution < -0.4 is 0 Å². The van der Waals surface area contributed by atoms with E-state index in [1.54, 1.807) is 17.0 Å². The molecule has 1 N–H and O–H groups in total. The Bertz CT molecular complexity index is 418. The van der Waals surface area contributed by atoms with E-state index in [4.69, 9.17) is 5.11 Å². The SMILES string of the molecule is O=C(c1cccc(F)c1)N(CCCO)C1CCC1. The highest BCUT2D eigenvalue weighted by atomic mass is 19.1. The zero-order chi connectivity index (χ0) is 13.0. The van der Waals surface area contributed by atoms with Crippen molar-refractivity contribution in [1.29, 1.82) is 0 Å². The van der Waals surface area contributed by atoms with Crippen LogP contribution in [0.4, 0.5) is 4.39 Å². The van der Waals surface area contributed by atoms with E-state index in [0.717, 1.165) is 19.3 Å². The molecular weight excluding hydrogens is 233 g/mol. The molecule has 98 valence electrons. The van der Waals surface area contributed by atoms with E-state index in [1.807, 2.05) is 0 Å². The van der Waals surface area contributed by atoms with Crippen molar-refractivity contribution in [1.82, 2.24) is 4.90 Å². The number of benzene rings is 1. The molecule has 1 aromatic carbocycles. The summed E-state index contributed by atoms with van der Waals surface area (Å²) in [5.41, 5.74) is 0.389. The van der Waals surface area contributed by atoms with Gasteiger partial charge in [0.05, 0.1) is 0 Å². The molecule has 1 saturated carbocycles. The normalized spacial score (nSPS) is 15.2. The third-order valence-corrected chi connectivity index (χ3v) is 3.41. The number of amides is 1. The summed E-state index contributed by atoms with van der Waals surface area (Å²) in [6.45, 7) is 0.607. The maximum atomic E-state index is 13.1. The van der Waals surface area contributed by atoms with Crippen LogP contribution in [0.25, 0.3) is 0 Å². The van der Waals surface area contributed by atoms with E-state index in [0.29, 0.717) is 18.5 Å². The molecule has 0 aromatic heterocycles. The van der Waals surface area contributed by atoms with E-state index >= 15 is 0 Å². The maximum Gasteiger partial charge on any atom is 0.254 e. The summed E-state index contributed by atoms with van der Waals surface area (Å²) < 4.78 is 13.1. The molecule has 0 heterocycles. The molecule has 0 unspecified atom stereocenters. The third-order valence-electron chi connectivity index (χ3n) is 3.41. The lowest BCUT2D eigenvalue weighted by molar-refractivity contribution is 0.0562. The van der Waals surface area contributed by atoms with Crippen LogP contribution in [-0.4, -0.2) is 35.1 Å². The predicted octanol–water partition coefficient (Wildman–Crippen LogP) is 2.20. The number of nitrogens with zero attached hydrogens (tertiary/aromatic N) is 1. The lowest BCUT2D eigenvalue weighted by Gasteiger charge is -2.37. The second kappa shape index (κ2) is 5.96. The number of aliphatic hydroxyl groups excluding tert-OH is 1. The van der Waals surface area contributed by atoms with Crippen molar-refractivity contribution in [3.8, 4) is 0 Å². The minimum atomic E-state index is -0.392. The topological polar surface area (TPSA) is 40.5 Å². The van der Waals surface area contributed by atoms with E-state index in [1.165, 1.54) is 12.1 Å². The fourth-order valence-corrected chi connectivity index (χ4v) is 2.18. The van der Waals surface area contributed by atoms with Gasteiger partial charge in [-0.2, -0.15) is 0 Å². The molecule has 4 heteroatoms. The lowest BCUT2D eigenvalue weighted by atomic mass is 9.90. The lowest BCUT2D eigenvalue weighted by Crippen LogP contribution is -2.45. The smallest absolute Gasteiger partial charge is 0.254 e. The van der Waals surface area contributed by atoms with Gasteiger partial charge in [0, 0.05) is 24.8 Å². The van der Waals surface area contributed by atoms with Crippen LogP contribution in [0.5, 0.6) is 0 Å². The summed E-state index contributed by atoms with van der Waals surface area (Å²) >= 11 is 0. The first-order valence-corrected chi connectivity index (χ1v) is 6.40. The van der Waals surface area contributed by atoms with Crippen LogP contribution in [0.15, 0.2) is 24.3 Å². The number of hydrogen-bond donors (Lipinski definition) is 1. The molecule has 0 saturated heterocycles. The summed E-state index contributed by atoms with van der Waals surface area (Å²) in [4.78, 5) is 14.1. The molecule has 0 radical (unpaired) electrons. The molecule has 2 rings (SSSR count). The first-order valence-electron chi connectivity index (χ1n) is 6.40. The van der Waals surface area contributed by atoms with E-state index in [2.05, 4.69) is 0 Å². The van der Waals surface area contributed by atoms with Gasteiger partial charge < -0.3 is 10.0 Å². The van der Waals surface area contributed by atoms with Crippen molar-refractivity contribution in [3.05, 3.63) is 35.6 Å². The fourth-order valence-electron chi connectivity index (χ4n) is 2.18. The molecule has 0 atom stereocenters. The predicted molar refractivity (Wildman–Crippen MR) is 66.8 cm³/mol. The van der Waals surface area contributed by atoms with Crippen LogP contribution in [0, 0.1) is 5.82 Å². The highest BCUT2D eigenvalue weighted by Gasteiger charge is 2.28. The Morgan fingerprint density at radius 1 is 1.44 bits per heavy atom. The summed E-state index contributed by atoms with van der Waals surface area (Å²) in [7, 11) is 0.